The highest BCUT2D eigenvalue weighted by Crippen LogP contribution is 2.26. The predicted octanol–water partition coefficient (Wildman–Crippen LogP) is 4.36. The minimum Gasteiger partial charge on any atom is -0.508 e. The summed E-state index contributed by atoms with van der Waals surface area (Å²) in [5.41, 5.74) is -0.209. The highest BCUT2D eigenvalue weighted by molar-refractivity contribution is 5.37. The summed E-state index contributed by atoms with van der Waals surface area (Å²) in [5.74, 6) is 2.45. The average Bonchev–Trinajstić information content (AvgIpc) is 2.33. The molecule has 100 valence electrons. The Labute approximate surface area is 113 Å². The van der Waals surface area contributed by atoms with Crippen LogP contribution in [0, 0.1) is 0 Å². The Kier molecular flexibility index (Phi) is 3.65. The molecule has 2 rings (SSSR count). The van der Waals surface area contributed by atoms with Gasteiger partial charge in [-0.2, -0.15) is 0 Å². The number of phenolic OH excluding ortho intramolecular Hbond substituents is 1. The summed E-state index contributed by atoms with van der Waals surface area (Å²) in [6, 6.07) is 14.1. The number of aromatic hydroxyl groups is 1. The quantitative estimate of drug-likeness (QED) is 0.888. The van der Waals surface area contributed by atoms with Crippen LogP contribution in [0.3, 0.4) is 0 Å². The molecule has 2 aromatic rings. The van der Waals surface area contributed by atoms with Crippen LogP contribution in [0.25, 0.3) is 0 Å². The van der Waals surface area contributed by atoms with Gasteiger partial charge < -0.3 is 14.6 Å². The molecule has 2 aromatic carbocycles. The summed E-state index contributed by atoms with van der Waals surface area (Å²) in [6.07, 6.45) is 0. The van der Waals surface area contributed by atoms with Crippen LogP contribution in [-0.4, -0.2) is 10.7 Å². The normalized spacial score (nSPS) is 11.1. The third-order valence-corrected chi connectivity index (χ3v) is 2.32. The number of rotatable bonds is 3. The van der Waals surface area contributed by atoms with Gasteiger partial charge in [0.25, 0.3) is 0 Å². The van der Waals surface area contributed by atoms with Crippen molar-refractivity contribution in [3.8, 4) is 23.0 Å². The highest BCUT2D eigenvalue weighted by Gasteiger charge is 2.11. The zero-order valence-electron chi connectivity index (χ0n) is 11.4. The van der Waals surface area contributed by atoms with Crippen molar-refractivity contribution < 1.29 is 14.6 Å². The molecule has 0 amide bonds. The van der Waals surface area contributed by atoms with E-state index in [1.165, 1.54) is 0 Å². The Balaban J connectivity index is 2.04. The van der Waals surface area contributed by atoms with Gasteiger partial charge in [-0.1, -0.05) is 0 Å². The van der Waals surface area contributed by atoms with Gasteiger partial charge in [0.15, 0.2) is 0 Å². The second-order valence-corrected chi connectivity index (χ2v) is 5.28. The molecule has 3 nitrogen and oxygen atoms in total. The molecule has 0 radical (unpaired) electrons. The van der Waals surface area contributed by atoms with Crippen LogP contribution in [0.15, 0.2) is 48.5 Å². The Morgan fingerprint density at radius 1 is 0.737 bits per heavy atom. The Hall–Kier alpha value is -2.16. The van der Waals surface area contributed by atoms with Crippen molar-refractivity contribution in [3.05, 3.63) is 48.5 Å². The van der Waals surface area contributed by atoms with E-state index in [0.717, 1.165) is 11.5 Å². The summed E-state index contributed by atoms with van der Waals surface area (Å²) in [4.78, 5) is 0. The molecule has 0 aliphatic carbocycles. The standard InChI is InChI=1S/C16H18O3/c1-16(2,3)19-15-10-8-14(9-11-15)18-13-6-4-12(17)5-7-13/h4-11,17H,1-3H3. The lowest BCUT2D eigenvalue weighted by molar-refractivity contribution is 0.131. The SMILES string of the molecule is CC(C)(C)Oc1ccc(Oc2ccc(O)cc2)cc1. The second-order valence-electron chi connectivity index (χ2n) is 5.28. The Bertz CT molecular complexity index is 521. The van der Waals surface area contributed by atoms with Crippen molar-refractivity contribution >= 4 is 0 Å². The molecular formula is C16H18O3. The number of phenols is 1. The van der Waals surface area contributed by atoms with E-state index in [4.69, 9.17) is 9.47 Å². The zero-order valence-corrected chi connectivity index (χ0v) is 11.4. The summed E-state index contributed by atoms with van der Waals surface area (Å²) in [6.45, 7) is 6.02. The van der Waals surface area contributed by atoms with Gasteiger partial charge in [-0.25, -0.2) is 0 Å². The van der Waals surface area contributed by atoms with Crippen LogP contribution in [0.2, 0.25) is 0 Å². The van der Waals surface area contributed by atoms with Crippen LogP contribution in [0.1, 0.15) is 20.8 Å². The van der Waals surface area contributed by atoms with Crippen molar-refractivity contribution in [1.82, 2.24) is 0 Å². The molecule has 19 heavy (non-hydrogen) atoms. The van der Waals surface area contributed by atoms with Crippen LogP contribution in [0.4, 0.5) is 0 Å². The van der Waals surface area contributed by atoms with E-state index < -0.39 is 0 Å². The lowest BCUT2D eigenvalue weighted by atomic mass is 10.2. The molecule has 0 bridgehead atoms. The topological polar surface area (TPSA) is 38.7 Å². The van der Waals surface area contributed by atoms with Crippen LogP contribution >= 0.6 is 0 Å². The van der Waals surface area contributed by atoms with Crippen molar-refractivity contribution in [2.24, 2.45) is 0 Å². The lowest BCUT2D eigenvalue weighted by Crippen LogP contribution is -2.22. The van der Waals surface area contributed by atoms with Crippen LogP contribution < -0.4 is 9.47 Å². The maximum absolute atomic E-state index is 9.20. The number of hydrogen-bond donors (Lipinski definition) is 1. The largest absolute Gasteiger partial charge is 0.508 e. The zero-order chi connectivity index (χ0) is 13.9. The number of benzene rings is 2. The molecule has 0 fully saturated rings. The fraction of sp³-hybridized carbons (Fsp3) is 0.250. The number of ether oxygens (including phenoxy) is 2. The summed E-state index contributed by atoms with van der Waals surface area (Å²) >= 11 is 0. The molecule has 0 saturated carbocycles. The van der Waals surface area contributed by atoms with E-state index in [0.29, 0.717) is 5.75 Å². The van der Waals surface area contributed by atoms with Crippen LogP contribution in [0.5, 0.6) is 23.0 Å². The monoisotopic (exact) mass is 258 g/mol. The van der Waals surface area contributed by atoms with Crippen molar-refractivity contribution in [2.45, 2.75) is 26.4 Å². The van der Waals surface area contributed by atoms with Gasteiger partial charge >= 0.3 is 0 Å². The first-order valence-electron chi connectivity index (χ1n) is 6.18. The van der Waals surface area contributed by atoms with E-state index in [9.17, 15) is 5.11 Å². The van der Waals surface area contributed by atoms with Gasteiger partial charge in [-0.05, 0) is 69.3 Å². The summed E-state index contributed by atoms with van der Waals surface area (Å²) in [5, 5.41) is 9.20. The minimum atomic E-state index is -0.209. The molecule has 1 N–H and O–H groups in total. The fourth-order valence-corrected chi connectivity index (χ4v) is 1.58. The number of hydrogen-bond acceptors (Lipinski definition) is 3. The first kappa shape index (κ1) is 13.3. The highest BCUT2D eigenvalue weighted by atomic mass is 16.5. The summed E-state index contributed by atoms with van der Waals surface area (Å²) in [7, 11) is 0. The Morgan fingerprint density at radius 2 is 1.16 bits per heavy atom. The summed E-state index contributed by atoms with van der Waals surface area (Å²) < 4.78 is 11.4. The van der Waals surface area contributed by atoms with Gasteiger partial charge in [0, 0.05) is 0 Å². The molecule has 0 atom stereocenters. The third-order valence-electron chi connectivity index (χ3n) is 2.32. The van der Waals surface area contributed by atoms with Gasteiger partial charge in [0.05, 0.1) is 0 Å². The van der Waals surface area contributed by atoms with E-state index in [2.05, 4.69) is 0 Å². The van der Waals surface area contributed by atoms with E-state index in [1.54, 1.807) is 24.3 Å². The van der Waals surface area contributed by atoms with Crippen molar-refractivity contribution in [1.29, 1.82) is 0 Å². The molecule has 3 heteroatoms. The van der Waals surface area contributed by atoms with E-state index >= 15 is 0 Å². The smallest absolute Gasteiger partial charge is 0.127 e. The van der Waals surface area contributed by atoms with Gasteiger partial charge in [-0.15, -0.1) is 0 Å². The molecule has 0 aliphatic rings. The Morgan fingerprint density at radius 3 is 1.63 bits per heavy atom. The van der Waals surface area contributed by atoms with Gasteiger partial charge in [0.2, 0.25) is 0 Å². The average molecular weight is 258 g/mol. The second kappa shape index (κ2) is 5.22. The van der Waals surface area contributed by atoms with Crippen LogP contribution in [-0.2, 0) is 0 Å². The third kappa shape index (κ3) is 4.21. The fourth-order valence-electron chi connectivity index (χ4n) is 1.58. The minimum absolute atomic E-state index is 0.209. The lowest BCUT2D eigenvalue weighted by Gasteiger charge is -2.21. The van der Waals surface area contributed by atoms with Gasteiger partial charge in [0.1, 0.15) is 28.6 Å². The van der Waals surface area contributed by atoms with E-state index in [-0.39, 0.29) is 11.4 Å². The molecular weight excluding hydrogens is 240 g/mol. The molecule has 0 unspecified atom stereocenters. The molecule has 0 saturated heterocycles. The van der Waals surface area contributed by atoms with Crippen molar-refractivity contribution in [2.75, 3.05) is 0 Å². The first-order chi connectivity index (χ1) is 8.92. The molecule has 0 spiro atoms. The first-order valence-corrected chi connectivity index (χ1v) is 6.18. The molecule has 0 aliphatic heterocycles. The van der Waals surface area contributed by atoms with Gasteiger partial charge in [-0.3, -0.25) is 0 Å². The maximum atomic E-state index is 9.20. The molecule has 0 heterocycles. The predicted molar refractivity (Wildman–Crippen MR) is 75.0 cm³/mol. The van der Waals surface area contributed by atoms with E-state index in [1.807, 2.05) is 45.0 Å². The molecule has 0 aromatic heterocycles. The van der Waals surface area contributed by atoms with Crippen molar-refractivity contribution in [3.63, 3.8) is 0 Å². The maximum Gasteiger partial charge on any atom is 0.127 e.